The summed E-state index contributed by atoms with van der Waals surface area (Å²) in [5, 5.41) is 0. The number of carbonyl (C=O) groups is 1. The highest BCUT2D eigenvalue weighted by Crippen LogP contribution is 2.26. The Morgan fingerprint density at radius 1 is 1.47 bits per heavy atom. The summed E-state index contributed by atoms with van der Waals surface area (Å²) < 4.78 is 45.2. The number of halogens is 3. The number of hydrogen-bond acceptors (Lipinski definition) is 4. The van der Waals surface area contributed by atoms with Crippen LogP contribution in [0.5, 0.6) is 0 Å². The third-order valence-electron chi connectivity index (χ3n) is 1.48. The molecule has 1 atom stereocenters. The molecule has 88 valence electrons. The summed E-state index contributed by atoms with van der Waals surface area (Å²) in [4.78, 5) is 10.9. The Labute approximate surface area is 84.8 Å². The SMILES string of the molecule is C=COCCOC(=O)C(CN)C(F)(F)F. The van der Waals surface area contributed by atoms with Crippen LogP contribution in [0.4, 0.5) is 13.2 Å². The first-order valence-electron chi connectivity index (χ1n) is 4.09. The molecule has 4 nitrogen and oxygen atoms in total. The van der Waals surface area contributed by atoms with Crippen molar-refractivity contribution in [2.45, 2.75) is 6.18 Å². The van der Waals surface area contributed by atoms with Crippen molar-refractivity contribution in [2.24, 2.45) is 11.7 Å². The zero-order valence-corrected chi connectivity index (χ0v) is 7.92. The van der Waals surface area contributed by atoms with E-state index < -0.39 is 24.6 Å². The molecule has 7 heteroatoms. The average molecular weight is 227 g/mol. The van der Waals surface area contributed by atoms with E-state index in [9.17, 15) is 18.0 Å². The summed E-state index contributed by atoms with van der Waals surface area (Å²) in [7, 11) is 0. The molecule has 0 aromatic heterocycles. The average Bonchev–Trinajstić information content (AvgIpc) is 2.11. The first kappa shape index (κ1) is 13.8. The van der Waals surface area contributed by atoms with Crippen LogP contribution >= 0.6 is 0 Å². The van der Waals surface area contributed by atoms with Crippen molar-refractivity contribution in [3.05, 3.63) is 12.8 Å². The fourth-order valence-electron chi connectivity index (χ4n) is 0.738. The Bertz CT molecular complexity index is 218. The Morgan fingerprint density at radius 3 is 2.47 bits per heavy atom. The van der Waals surface area contributed by atoms with Crippen LogP contribution in [0.15, 0.2) is 12.8 Å². The molecule has 0 aromatic carbocycles. The molecule has 0 amide bonds. The minimum atomic E-state index is -4.68. The van der Waals surface area contributed by atoms with E-state index in [1.807, 2.05) is 0 Å². The highest BCUT2D eigenvalue weighted by Gasteiger charge is 2.44. The van der Waals surface area contributed by atoms with Crippen molar-refractivity contribution < 1.29 is 27.4 Å². The van der Waals surface area contributed by atoms with Crippen molar-refractivity contribution in [2.75, 3.05) is 19.8 Å². The normalized spacial score (nSPS) is 13.1. The van der Waals surface area contributed by atoms with E-state index in [2.05, 4.69) is 16.1 Å². The van der Waals surface area contributed by atoms with Gasteiger partial charge in [0.2, 0.25) is 0 Å². The Hall–Kier alpha value is -1.24. The fraction of sp³-hybridized carbons (Fsp3) is 0.625. The maximum atomic E-state index is 12.1. The minimum Gasteiger partial charge on any atom is -0.498 e. The molecule has 0 aliphatic carbocycles. The van der Waals surface area contributed by atoms with E-state index in [1.165, 1.54) is 0 Å². The van der Waals surface area contributed by atoms with Gasteiger partial charge in [-0.15, -0.1) is 0 Å². The Balaban J connectivity index is 4.00. The summed E-state index contributed by atoms with van der Waals surface area (Å²) in [5.41, 5.74) is 4.82. The van der Waals surface area contributed by atoms with Crippen LogP contribution in [-0.4, -0.2) is 31.9 Å². The van der Waals surface area contributed by atoms with Gasteiger partial charge in [0.15, 0.2) is 5.92 Å². The van der Waals surface area contributed by atoms with Crippen molar-refractivity contribution in [1.29, 1.82) is 0 Å². The molecular formula is C8H12F3NO3. The number of alkyl halides is 3. The molecule has 0 aliphatic heterocycles. The first-order chi connectivity index (χ1) is 6.93. The summed E-state index contributed by atoms with van der Waals surface area (Å²) in [6, 6.07) is 0. The van der Waals surface area contributed by atoms with E-state index in [0.29, 0.717) is 0 Å². The van der Waals surface area contributed by atoms with Crippen LogP contribution in [-0.2, 0) is 14.3 Å². The van der Waals surface area contributed by atoms with Crippen molar-refractivity contribution in [1.82, 2.24) is 0 Å². The van der Waals surface area contributed by atoms with Gasteiger partial charge >= 0.3 is 12.1 Å². The summed E-state index contributed by atoms with van der Waals surface area (Å²) in [6.07, 6.45) is -3.58. The third kappa shape index (κ3) is 5.26. The second kappa shape index (κ2) is 6.28. The van der Waals surface area contributed by atoms with E-state index in [4.69, 9.17) is 5.73 Å². The second-order valence-electron chi connectivity index (χ2n) is 2.53. The number of rotatable bonds is 6. The second-order valence-corrected chi connectivity index (χ2v) is 2.53. The van der Waals surface area contributed by atoms with Gasteiger partial charge in [0.1, 0.15) is 13.2 Å². The maximum Gasteiger partial charge on any atom is 0.403 e. The highest BCUT2D eigenvalue weighted by molar-refractivity contribution is 5.73. The zero-order chi connectivity index (χ0) is 11.9. The quantitative estimate of drug-likeness (QED) is 0.414. The van der Waals surface area contributed by atoms with E-state index in [0.717, 1.165) is 6.26 Å². The van der Waals surface area contributed by atoms with Crippen LogP contribution in [0.1, 0.15) is 0 Å². The van der Waals surface area contributed by atoms with Crippen LogP contribution in [0.3, 0.4) is 0 Å². The standard InChI is InChI=1S/C8H12F3NO3/c1-2-14-3-4-15-7(13)6(5-12)8(9,10)11/h2,6H,1,3-5,12H2. The largest absolute Gasteiger partial charge is 0.498 e. The van der Waals surface area contributed by atoms with Gasteiger partial charge in [-0.05, 0) is 0 Å². The van der Waals surface area contributed by atoms with E-state index >= 15 is 0 Å². The molecular weight excluding hydrogens is 215 g/mol. The number of ether oxygens (including phenoxy) is 2. The summed E-state index contributed by atoms with van der Waals surface area (Å²) in [6.45, 7) is 2.07. The first-order valence-corrected chi connectivity index (χ1v) is 4.09. The van der Waals surface area contributed by atoms with Crippen molar-refractivity contribution in [3.63, 3.8) is 0 Å². The van der Waals surface area contributed by atoms with Gasteiger partial charge in [0, 0.05) is 6.54 Å². The van der Waals surface area contributed by atoms with Gasteiger partial charge in [-0.1, -0.05) is 6.58 Å². The molecule has 0 bridgehead atoms. The maximum absolute atomic E-state index is 12.1. The number of carbonyl (C=O) groups excluding carboxylic acids is 1. The zero-order valence-electron chi connectivity index (χ0n) is 7.92. The molecule has 0 aromatic rings. The van der Waals surface area contributed by atoms with Gasteiger partial charge in [0.05, 0.1) is 6.26 Å². The molecule has 0 fully saturated rings. The minimum absolute atomic E-state index is 0.0373. The molecule has 0 spiro atoms. The lowest BCUT2D eigenvalue weighted by atomic mass is 10.1. The van der Waals surface area contributed by atoms with Gasteiger partial charge in [0.25, 0.3) is 0 Å². The van der Waals surface area contributed by atoms with Gasteiger partial charge in [-0.2, -0.15) is 13.2 Å². The third-order valence-corrected chi connectivity index (χ3v) is 1.48. The predicted molar refractivity (Wildman–Crippen MR) is 45.7 cm³/mol. The lowest BCUT2D eigenvalue weighted by Gasteiger charge is -2.16. The van der Waals surface area contributed by atoms with Crippen LogP contribution in [0, 0.1) is 5.92 Å². The van der Waals surface area contributed by atoms with Gasteiger partial charge in [-0.25, -0.2) is 0 Å². The summed E-state index contributed by atoms with van der Waals surface area (Å²) in [5.74, 6) is -3.67. The van der Waals surface area contributed by atoms with Gasteiger partial charge < -0.3 is 15.2 Å². The smallest absolute Gasteiger partial charge is 0.403 e. The molecule has 0 heterocycles. The van der Waals surface area contributed by atoms with Crippen LogP contribution < -0.4 is 5.73 Å². The Kier molecular flexibility index (Phi) is 5.76. The lowest BCUT2D eigenvalue weighted by molar-refractivity contribution is -0.196. The van der Waals surface area contributed by atoms with Gasteiger partial charge in [-0.3, -0.25) is 4.79 Å². The number of nitrogens with two attached hydrogens (primary N) is 1. The van der Waals surface area contributed by atoms with Crippen molar-refractivity contribution in [3.8, 4) is 0 Å². The van der Waals surface area contributed by atoms with Crippen LogP contribution in [0.2, 0.25) is 0 Å². The lowest BCUT2D eigenvalue weighted by Crippen LogP contribution is -2.38. The van der Waals surface area contributed by atoms with Crippen molar-refractivity contribution >= 4 is 5.97 Å². The molecule has 0 saturated heterocycles. The molecule has 1 unspecified atom stereocenters. The fourth-order valence-corrected chi connectivity index (χ4v) is 0.738. The molecule has 2 N–H and O–H groups in total. The topological polar surface area (TPSA) is 61.5 Å². The molecule has 0 saturated carbocycles. The van der Waals surface area contributed by atoms with E-state index in [-0.39, 0.29) is 13.2 Å². The monoisotopic (exact) mass is 227 g/mol. The predicted octanol–water partition coefficient (Wildman–Crippen LogP) is 0.827. The Morgan fingerprint density at radius 2 is 2.07 bits per heavy atom. The molecule has 0 rings (SSSR count). The number of hydrogen-bond donors (Lipinski definition) is 1. The number of esters is 1. The highest BCUT2D eigenvalue weighted by atomic mass is 19.4. The molecule has 0 radical (unpaired) electrons. The summed E-state index contributed by atoms with van der Waals surface area (Å²) >= 11 is 0. The van der Waals surface area contributed by atoms with Crippen LogP contribution in [0.25, 0.3) is 0 Å². The molecule has 15 heavy (non-hydrogen) atoms. The van der Waals surface area contributed by atoms with E-state index in [1.54, 1.807) is 0 Å². The molecule has 0 aliphatic rings.